The largest absolute Gasteiger partial charge is 0.416 e. The van der Waals surface area contributed by atoms with Crippen LogP contribution in [0.3, 0.4) is 0 Å². The first-order chi connectivity index (χ1) is 15.6. The summed E-state index contributed by atoms with van der Waals surface area (Å²) < 4.78 is 38.0. The Hall–Kier alpha value is -3.42. The second kappa shape index (κ2) is 8.84. The number of ketones is 1. The molecule has 5 nitrogen and oxygen atoms in total. The number of hydrogen-bond donors (Lipinski definition) is 1. The van der Waals surface area contributed by atoms with E-state index in [-0.39, 0.29) is 30.4 Å². The third-order valence-electron chi connectivity index (χ3n) is 6.08. The normalized spacial score (nSPS) is 18.3. The molecule has 2 aliphatic rings. The van der Waals surface area contributed by atoms with Crippen molar-refractivity contribution in [2.75, 3.05) is 0 Å². The number of alkyl halides is 3. The predicted molar refractivity (Wildman–Crippen MR) is 115 cm³/mol. The van der Waals surface area contributed by atoms with Crippen molar-refractivity contribution in [3.05, 3.63) is 82.6 Å². The molecule has 1 unspecified atom stereocenters. The number of halogens is 3. The molecule has 1 saturated heterocycles. The van der Waals surface area contributed by atoms with E-state index in [1.54, 1.807) is 17.0 Å². The minimum absolute atomic E-state index is 0.0669. The van der Waals surface area contributed by atoms with Crippen molar-refractivity contribution in [3.8, 4) is 0 Å². The van der Waals surface area contributed by atoms with Gasteiger partial charge in [-0.3, -0.25) is 14.4 Å². The summed E-state index contributed by atoms with van der Waals surface area (Å²) in [6.07, 6.45) is -2.46. The van der Waals surface area contributed by atoms with E-state index >= 15 is 0 Å². The topological polar surface area (TPSA) is 66.5 Å². The summed E-state index contributed by atoms with van der Waals surface area (Å²) in [7, 11) is 0. The highest BCUT2D eigenvalue weighted by Gasteiger charge is 2.38. The zero-order chi connectivity index (χ0) is 23.8. The lowest BCUT2D eigenvalue weighted by atomic mass is 9.99. The van der Waals surface area contributed by atoms with Crippen LogP contribution in [0.4, 0.5) is 13.2 Å². The Morgan fingerprint density at radius 1 is 1.09 bits per heavy atom. The summed E-state index contributed by atoms with van der Waals surface area (Å²) >= 11 is 0. The lowest BCUT2D eigenvalue weighted by Crippen LogP contribution is -2.49. The summed E-state index contributed by atoms with van der Waals surface area (Å²) in [5.41, 5.74) is 2.74. The fraction of sp³-hybridized carbons (Fsp3) is 0.320. The third-order valence-corrected chi connectivity index (χ3v) is 6.08. The minimum atomic E-state index is -4.40. The summed E-state index contributed by atoms with van der Waals surface area (Å²) in [6.45, 7) is 4.10. The molecule has 2 heterocycles. The smallest absolute Gasteiger partial charge is 0.329 e. The number of fused-ring (bicyclic) bond motifs is 1. The molecule has 1 N–H and O–H groups in total. The van der Waals surface area contributed by atoms with Crippen LogP contribution in [-0.2, 0) is 35.2 Å². The minimum Gasteiger partial charge on any atom is -0.329 e. The Labute approximate surface area is 189 Å². The van der Waals surface area contributed by atoms with E-state index in [9.17, 15) is 27.6 Å². The third kappa shape index (κ3) is 4.99. The van der Waals surface area contributed by atoms with Crippen LogP contribution in [0.15, 0.2) is 54.7 Å². The number of hydrogen-bond acceptors (Lipinski definition) is 3. The first kappa shape index (κ1) is 22.8. The Balaban J connectivity index is 1.35. The zero-order valence-corrected chi connectivity index (χ0v) is 17.9. The molecular formula is C25H23F3N2O3. The molecule has 1 fully saturated rings. The average molecular weight is 456 g/mol. The van der Waals surface area contributed by atoms with Gasteiger partial charge in [0.25, 0.3) is 5.91 Å². The highest BCUT2D eigenvalue weighted by atomic mass is 19.4. The number of amides is 2. The van der Waals surface area contributed by atoms with Gasteiger partial charge in [-0.2, -0.15) is 13.2 Å². The van der Waals surface area contributed by atoms with E-state index in [0.717, 1.165) is 23.3 Å². The van der Waals surface area contributed by atoms with Gasteiger partial charge in [0, 0.05) is 30.6 Å². The van der Waals surface area contributed by atoms with E-state index < -0.39 is 17.8 Å². The summed E-state index contributed by atoms with van der Waals surface area (Å²) in [4.78, 5) is 39.0. The van der Waals surface area contributed by atoms with E-state index in [2.05, 4.69) is 11.9 Å². The van der Waals surface area contributed by atoms with Crippen LogP contribution in [0.2, 0.25) is 0 Å². The van der Waals surface area contributed by atoms with Crippen LogP contribution in [0, 0.1) is 0 Å². The van der Waals surface area contributed by atoms with E-state index in [1.165, 1.54) is 12.1 Å². The van der Waals surface area contributed by atoms with Crippen LogP contribution in [0.25, 0.3) is 0 Å². The second-order valence-corrected chi connectivity index (χ2v) is 8.48. The molecule has 4 rings (SSSR count). The number of aryl methyl sites for hydroxylation is 1. The fourth-order valence-corrected chi connectivity index (χ4v) is 4.27. The van der Waals surface area contributed by atoms with Gasteiger partial charge < -0.3 is 10.2 Å². The lowest BCUT2D eigenvalue weighted by molar-refractivity contribution is -0.137. The van der Waals surface area contributed by atoms with Crippen molar-refractivity contribution in [1.82, 2.24) is 10.2 Å². The van der Waals surface area contributed by atoms with Crippen LogP contribution in [0.1, 0.15) is 51.9 Å². The number of rotatable bonds is 6. The number of benzene rings is 2. The van der Waals surface area contributed by atoms with Crippen molar-refractivity contribution >= 4 is 17.6 Å². The maximum Gasteiger partial charge on any atom is 0.416 e. The van der Waals surface area contributed by atoms with Crippen LogP contribution in [0.5, 0.6) is 0 Å². The van der Waals surface area contributed by atoms with Crippen LogP contribution in [-0.4, -0.2) is 28.5 Å². The van der Waals surface area contributed by atoms with Gasteiger partial charge in [0.15, 0.2) is 0 Å². The molecule has 0 spiro atoms. The van der Waals surface area contributed by atoms with Crippen molar-refractivity contribution in [2.45, 2.75) is 50.9 Å². The molecule has 2 aromatic rings. The van der Waals surface area contributed by atoms with Crippen molar-refractivity contribution in [1.29, 1.82) is 0 Å². The Kier molecular flexibility index (Phi) is 6.10. The second-order valence-electron chi connectivity index (χ2n) is 8.48. The molecule has 0 aliphatic carbocycles. The van der Waals surface area contributed by atoms with E-state index in [0.29, 0.717) is 42.6 Å². The van der Waals surface area contributed by atoms with Crippen molar-refractivity contribution < 1.29 is 27.6 Å². The number of nitrogens with one attached hydrogen (secondary N) is 1. The summed E-state index contributed by atoms with van der Waals surface area (Å²) in [6, 6.07) is 9.51. The highest BCUT2D eigenvalue weighted by molar-refractivity contribution is 6.01. The van der Waals surface area contributed by atoms with Gasteiger partial charge in [-0.05, 0) is 54.2 Å². The molecule has 33 heavy (non-hydrogen) atoms. The molecule has 0 bridgehead atoms. The van der Waals surface area contributed by atoms with Gasteiger partial charge in [-0.15, -0.1) is 0 Å². The number of piperidine rings is 1. The number of Topliss-reactive ketones (excluding diaryl/α,β-unsaturated/α-hetero) is 1. The molecular weight excluding hydrogens is 433 g/mol. The molecule has 2 aliphatic heterocycles. The number of carbonyl (C=O) groups excluding carboxylic acids is 3. The number of carbonyl (C=O) groups is 3. The molecule has 2 aromatic carbocycles. The Morgan fingerprint density at radius 3 is 2.45 bits per heavy atom. The van der Waals surface area contributed by atoms with Gasteiger partial charge in [-0.1, -0.05) is 30.8 Å². The highest BCUT2D eigenvalue weighted by Crippen LogP contribution is 2.30. The predicted octanol–water partition coefficient (Wildman–Crippen LogP) is 4.20. The molecule has 0 aromatic heterocycles. The van der Waals surface area contributed by atoms with Gasteiger partial charge >= 0.3 is 6.18 Å². The SMILES string of the molecule is C=C1CCC(N2Cc3cc(CCC(=O)Cc4ccc(C(F)(F)F)cc4)ccc3C2=O)C(=O)N1. The molecule has 2 amide bonds. The molecule has 8 heteroatoms. The molecule has 1 atom stereocenters. The van der Waals surface area contributed by atoms with Gasteiger partial charge in [0.1, 0.15) is 11.8 Å². The van der Waals surface area contributed by atoms with Gasteiger partial charge in [0.2, 0.25) is 5.91 Å². The maximum absolute atomic E-state index is 12.8. The van der Waals surface area contributed by atoms with Crippen molar-refractivity contribution in [2.24, 2.45) is 0 Å². The first-order valence-electron chi connectivity index (χ1n) is 10.7. The van der Waals surface area contributed by atoms with E-state index in [1.807, 2.05) is 6.07 Å². The zero-order valence-electron chi connectivity index (χ0n) is 17.9. The lowest BCUT2D eigenvalue weighted by Gasteiger charge is -2.30. The van der Waals surface area contributed by atoms with E-state index in [4.69, 9.17) is 0 Å². The standard InChI is InChI=1S/C25H23F3N2O3/c1-15-2-11-22(23(32)29-15)30-14-18-12-16(6-10-21(18)24(30)33)5-9-20(31)13-17-3-7-19(8-4-17)25(26,27)28/h3-4,6-8,10,12,22H,1-2,5,9,11,13-14H2,(H,29,32). The quantitative estimate of drug-likeness (QED) is 0.709. The Bertz CT molecular complexity index is 1120. The molecule has 172 valence electrons. The molecule has 0 radical (unpaired) electrons. The van der Waals surface area contributed by atoms with Crippen molar-refractivity contribution in [3.63, 3.8) is 0 Å². The van der Waals surface area contributed by atoms with Gasteiger partial charge in [0.05, 0.1) is 5.56 Å². The summed E-state index contributed by atoms with van der Waals surface area (Å²) in [5, 5.41) is 2.71. The fourth-order valence-electron chi connectivity index (χ4n) is 4.27. The van der Waals surface area contributed by atoms with Gasteiger partial charge in [-0.25, -0.2) is 0 Å². The van der Waals surface area contributed by atoms with Crippen LogP contribution < -0.4 is 5.32 Å². The average Bonchev–Trinajstić information content (AvgIpc) is 3.07. The monoisotopic (exact) mass is 456 g/mol. The maximum atomic E-state index is 12.8. The number of nitrogens with zero attached hydrogens (tertiary/aromatic N) is 1. The number of allylic oxidation sites excluding steroid dienone is 1. The first-order valence-corrected chi connectivity index (χ1v) is 10.7. The Morgan fingerprint density at radius 2 is 1.79 bits per heavy atom. The van der Waals surface area contributed by atoms with Crippen LogP contribution >= 0.6 is 0 Å². The molecule has 0 saturated carbocycles. The summed E-state index contributed by atoms with van der Waals surface area (Å²) in [5.74, 6) is -0.476.